The number of aliphatic hydroxyl groups excluding tert-OH is 1. The molecule has 0 saturated carbocycles. The molecule has 7 nitrogen and oxygen atoms in total. The maximum Gasteiger partial charge on any atom is 0.348 e. The Morgan fingerprint density at radius 1 is 1.61 bits per heavy atom. The number of aliphatic hydroxyl groups is 1. The molecule has 2 heterocycles. The lowest BCUT2D eigenvalue weighted by atomic mass is 9.95. The molecule has 0 bridgehead atoms. The molecule has 0 spiro atoms. The Hall–Kier alpha value is -1.89. The van der Waals surface area contributed by atoms with Crippen LogP contribution in [-0.4, -0.2) is 36.8 Å². The number of hydrogen-bond acceptors (Lipinski definition) is 5. The van der Waals surface area contributed by atoms with Gasteiger partial charge >= 0.3 is 5.69 Å². The van der Waals surface area contributed by atoms with Crippen LogP contribution in [0, 0.1) is 0 Å². The number of H-pyrrole nitrogens is 1. The van der Waals surface area contributed by atoms with E-state index in [1.165, 1.54) is 10.7 Å². The van der Waals surface area contributed by atoms with Gasteiger partial charge < -0.3 is 10.4 Å². The largest absolute Gasteiger partial charge is 0.396 e. The van der Waals surface area contributed by atoms with Gasteiger partial charge in [0, 0.05) is 18.2 Å². The van der Waals surface area contributed by atoms with Crippen molar-refractivity contribution in [2.75, 3.05) is 11.9 Å². The molecular formula is C11H17N5O2. The van der Waals surface area contributed by atoms with Gasteiger partial charge in [0.15, 0.2) is 5.65 Å². The molecule has 0 aliphatic rings. The van der Waals surface area contributed by atoms with Crippen LogP contribution in [0.15, 0.2) is 17.2 Å². The zero-order valence-electron chi connectivity index (χ0n) is 10.5. The molecule has 0 amide bonds. The summed E-state index contributed by atoms with van der Waals surface area (Å²) in [5, 5.41) is 18.6. The van der Waals surface area contributed by atoms with Crippen LogP contribution >= 0.6 is 0 Å². The lowest BCUT2D eigenvalue weighted by molar-refractivity contribution is 0.252. The molecule has 2 rings (SSSR count). The monoisotopic (exact) mass is 251 g/mol. The number of anilines is 1. The van der Waals surface area contributed by atoms with Crippen LogP contribution in [0.2, 0.25) is 0 Å². The number of rotatable bonds is 5. The van der Waals surface area contributed by atoms with E-state index in [0.29, 0.717) is 17.9 Å². The van der Waals surface area contributed by atoms with Gasteiger partial charge in [0.2, 0.25) is 0 Å². The molecule has 3 N–H and O–H groups in total. The Morgan fingerprint density at radius 2 is 2.39 bits per heavy atom. The predicted octanol–water partition coefficient (Wildman–Crippen LogP) is 0.381. The minimum absolute atomic E-state index is 0.113. The summed E-state index contributed by atoms with van der Waals surface area (Å²) in [5.74, 6) is 0.638. The van der Waals surface area contributed by atoms with Gasteiger partial charge in [0.1, 0.15) is 12.1 Å². The van der Waals surface area contributed by atoms with Gasteiger partial charge in [-0.3, -0.25) is 0 Å². The van der Waals surface area contributed by atoms with Crippen LogP contribution in [0.5, 0.6) is 0 Å². The maximum atomic E-state index is 11.3. The fourth-order valence-electron chi connectivity index (χ4n) is 1.76. The van der Waals surface area contributed by atoms with Crippen molar-refractivity contribution in [3.63, 3.8) is 0 Å². The molecule has 0 aliphatic heterocycles. The Morgan fingerprint density at radius 3 is 3.06 bits per heavy atom. The van der Waals surface area contributed by atoms with Crippen molar-refractivity contribution in [3.8, 4) is 0 Å². The van der Waals surface area contributed by atoms with Gasteiger partial charge in [-0.2, -0.15) is 5.10 Å². The van der Waals surface area contributed by atoms with Crippen LogP contribution in [0.25, 0.3) is 5.65 Å². The van der Waals surface area contributed by atoms with Gasteiger partial charge in [0.05, 0.1) is 0 Å². The second-order valence-corrected chi connectivity index (χ2v) is 4.54. The van der Waals surface area contributed by atoms with E-state index in [2.05, 4.69) is 20.5 Å². The van der Waals surface area contributed by atoms with Gasteiger partial charge in [-0.25, -0.2) is 19.3 Å². The van der Waals surface area contributed by atoms with E-state index >= 15 is 0 Å². The predicted molar refractivity (Wildman–Crippen MR) is 67.6 cm³/mol. The molecular weight excluding hydrogens is 234 g/mol. The van der Waals surface area contributed by atoms with Crippen molar-refractivity contribution in [2.24, 2.45) is 0 Å². The molecule has 0 saturated heterocycles. The summed E-state index contributed by atoms with van der Waals surface area (Å²) in [6.45, 7) is 4.17. The van der Waals surface area contributed by atoms with E-state index in [0.717, 1.165) is 6.42 Å². The molecule has 2 aromatic rings. The Labute approximate surface area is 104 Å². The summed E-state index contributed by atoms with van der Waals surface area (Å²) in [4.78, 5) is 15.5. The lowest BCUT2D eigenvalue weighted by Gasteiger charge is -2.29. The first-order chi connectivity index (χ1) is 8.58. The minimum atomic E-state index is -0.308. The molecule has 0 aliphatic carbocycles. The summed E-state index contributed by atoms with van der Waals surface area (Å²) >= 11 is 0. The van der Waals surface area contributed by atoms with Gasteiger partial charge in [-0.1, -0.05) is 6.92 Å². The van der Waals surface area contributed by atoms with Crippen LogP contribution < -0.4 is 11.0 Å². The number of fused-ring (bicyclic) bond motifs is 1. The maximum absolute atomic E-state index is 11.3. The van der Waals surface area contributed by atoms with E-state index in [4.69, 9.17) is 5.11 Å². The summed E-state index contributed by atoms with van der Waals surface area (Å²) < 4.78 is 1.33. The van der Waals surface area contributed by atoms with Crippen LogP contribution in [-0.2, 0) is 0 Å². The fourth-order valence-corrected chi connectivity index (χ4v) is 1.76. The highest BCUT2D eigenvalue weighted by atomic mass is 16.3. The van der Waals surface area contributed by atoms with Crippen molar-refractivity contribution >= 4 is 11.5 Å². The summed E-state index contributed by atoms with van der Waals surface area (Å²) in [7, 11) is 0. The van der Waals surface area contributed by atoms with Crippen molar-refractivity contribution in [1.82, 2.24) is 19.6 Å². The quantitative estimate of drug-likeness (QED) is 0.714. The number of nitrogens with one attached hydrogen (secondary N) is 2. The molecule has 98 valence electrons. The van der Waals surface area contributed by atoms with Crippen molar-refractivity contribution in [3.05, 3.63) is 22.9 Å². The highest BCUT2D eigenvalue weighted by Gasteiger charge is 2.21. The number of aromatic nitrogens is 4. The Bertz CT molecular complexity index is 590. The topological polar surface area (TPSA) is 95.3 Å². The van der Waals surface area contributed by atoms with E-state index in [-0.39, 0.29) is 17.8 Å². The first kappa shape index (κ1) is 12.6. The van der Waals surface area contributed by atoms with Crippen LogP contribution in [0.3, 0.4) is 0 Å². The van der Waals surface area contributed by atoms with Gasteiger partial charge in [-0.05, 0) is 19.8 Å². The Kier molecular flexibility index (Phi) is 3.33. The lowest BCUT2D eigenvalue weighted by Crippen LogP contribution is -2.35. The molecule has 1 atom stereocenters. The van der Waals surface area contributed by atoms with E-state index in [1.54, 1.807) is 6.07 Å². The highest BCUT2D eigenvalue weighted by molar-refractivity contribution is 5.49. The minimum Gasteiger partial charge on any atom is -0.396 e. The first-order valence-corrected chi connectivity index (χ1v) is 5.90. The third-order valence-corrected chi connectivity index (χ3v) is 3.18. The molecule has 0 aromatic carbocycles. The summed E-state index contributed by atoms with van der Waals surface area (Å²) in [5.41, 5.74) is -0.0194. The van der Waals surface area contributed by atoms with Crippen LogP contribution in [0.1, 0.15) is 26.7 Å². The third kappa shape index (κ3) is 2.35. The number of hydrogen-bond donors (Lipinski definition) is 3. The normalized spacial score (nSPS) is 14.6. The average molecular weight is 251 g/mol. The average Bonchev–Trinajstić information content (AvgIpc) is 2.71. The number of aromatic amines is 1. The molecule has 0 radical (unpaired) electrons. The molecule has 1 unspecified atom stereocenters. The van der Waals surface area contributed by atoms with Crippen LogP contribution in [0.4, 0.5) is 5.82 Å². The smallest absolute Gasteiger partial charge is 0.348 e. The molecule has 2 aromatic heterocycles. The Balaban J connectivity index is 2.28. The summed E-state index contributed by atoms with van der Waals surface area (Å²) in [6.07, 6.45) is 2.91. The van der Waals surface area contributed by atoms with E-state index in [9.17, 15) is 4.79 Å². The van der Waals surface area contributed by atoms with Crippen molar-refractivity contribution in [1.29, 1.82) is 0 Å². The van der Waals surface area contributed by atoms with Crippen molar-refractivity contribution in [2.45, 2.75) is 32.2 Å². The standard InChI is InChI=1S/C11H17N5O2/c1-3-11(2,4-5-17)13-8-6-9-14-15-10(18)16(9)7-12-8/h6-7,13,17H,3-5H2,1-2H3,(H,15,18). The molecule has 18 heavy (non-hydrogen) atoms. The first-order valence-electron chi connectivity index (χ1n) is 5.90. The van der Waals surface area contributed by atoms with E-state index in [1.807, 2.05) is 13.8 Å². The fraction of sp³-hybridized carbons (Fsp3) is 0.545. The van der Waals surface area contributed by atoms with Gasteiger partial charge in [-0.15, -0.1) is 0 Å². The molecule has 0 fully saturated rings. The van der Waals surface area contributed by atoms with E-state index < -0.39 is 0 Å². The second-order valence-electron chi connectivity index (χ2n) is 4.54. The zero-order chi connectivity index (χ0) is 13.2. The summed E-state index contributed by atoms with van der Waals surface area (Å²) in [6, 6.07) is 1.70. The molecule has 7 heteroatoms. The zero-order valence-corrected chi connectivity index (χ0v) is 10.5. The highest BCUT2D eigenvalue weighted by Crippen LogP contribution is 2.20. The van der Waals surface area contributed by atoms with Gasteiger partial charge in [0.25, 0.3) is 0 Å². The second kappa shape index (κ2) is 4.77. The number of nitrogens with zero attached hydrogens (tertiary/aromatic N) is 3. The van der Waals surface area contributed by atoms with Crippen molar-refractivity contribution < 1.29 is 5.11 Å². The third-order valence-electron chi connectivity index (χ3n) is 3.18. The SMILES string of the molecule is CCC(C)(CCO)Nc1cc2n[nH]c(=O)n2cn1.